The Bertz CT molecular complexity index is 663. The molecule has 0 aromatic heterocycles. The van der Waals surface area contributed by atoms with Gasteiger partial charge in [-0.3, -0.25) is 4.79 Å². The van der Waals surface area contributed by atoms with Crippen LogP contribution in [0.2, 0.25) is 0 Å². The fourth-order valence-electron chi connectivity index (χ4n) is 4.37. The Balaban J connectivity index is 1.48. The lowest BCUT2D eigenvalue weighted by Gasteiger charge is -2.29. The highest BCUT2D eigenvalue weighted by Crippen LogP contribution is 2.52. The second kappa shape index (κ2) is 8.04. The van der Waals surface area contributed by atoms with Crippen molar-refractivity contribution in [1.82, 2.24) is 0 Å². The van der Waals surface area contributed by atoms with E-state index in [-0.39, 0.29) is 17.9 Å². The van der Waals surface area contributed by atoms with Crippen molar-refractivity contribution in [2.75, 3.05) is 6.61 Å². The lowest BCUT2D eigenvalue weighted by atomic mass is 9.76. The molecule has 2 aliphatic rings. The molecule has 0 spiro atoms. The summed E-state index contributed by atoms with van der Waals surface area (Å²) in [6.07, 6.45) is 5.66. The molecule has 0 heterocycles. The van der Waals surface area contributed by atoms with Gasteiger partial charge >= 0.3 is 11.9 Å². The van der Waals surface area contributed by atoms with Gasteiger partial charge < -0.3 is 9.47 Å². The number of ether oxygens (including phenoxy) is 2. The van der Waals surface area contributed by atoms with Crippen molar-refractivity contribution in [2.45, 2.75) is 71.3 Å². The quantitative estimate of drug-likeness (QED) is 0.674. The summed E-state index contributed by atoms with van der Waals surface area (Å²) in [4.78, 5) is 24.0. The van der Waals surface area contributed by atoms with Crippen LogP contribution in [0.5, 0.6) is 0 Å². The zero-order chi connectivity index (χ0) is 19.6. The van der Waals surface area contributed by atoms with Gasteiger partial charge in [0.05, 0.1) is 18.1 Å². The molecule has 27 heavy (non-hydrogen) atoms. The predicted octanol–water partition coefficient (Wildman–Crippen LogP) is 5.11. The van der Waals surface area contributed by atoms with Crippen molar-refractivity contribution in [2.24, 2.45) is 17.8 Å². The Hall–Kier alpha value is -1.84. The van der Waals surface area contributed by atoms with E-state index in [1.165, 1.54) is 18.4 Å². The van der Waals surface area contributed by atoms with Gasteiger partial charge in [-0.1, -0.05) is 12.1 Å². The van der Waals surface area contributed by atoms with Gasteiger partial charge in [0, 0.05) is 0 Å². The standard InChI is InChI=1S/C23H32O4/c1-5-26-21(24)18-12-8-16(9-13-18)15-6-10-17(11-7-15)19-14-20(19)22(25)27-23(2,3)4/h8-9,12-13,15,17,19-20H,5-7,10-11,14H2,1-4H3/t15?,17?,19-,20+/m1/s1. The van der Waals surface area contributed by atoms with Gasteiger partial charge in [-0.15, -0.1) is 0 Å². The normalized spacial score (nSPS) is 27.7. The molecule has 0 N–H and O–H groups in total. The molecule has 1 aromatic rings. The van der Waals surface area contributed by atoms with Crippen LogP contribution in [0.25, 0.3) is 0 Å². The van der Waals surface area contributed by atoms with Gasteiger partial charge in [-0.05, 0) is 95.2 Å². The third-order valence-electron chi connectivity index (χ3n) is 5.82. The Morgan fingerprint density at radius 2 is 1.67 bits per heavy atom. The van der Waals surface area contributed by atoms with Crippen LogP contribution in [0.15, 0.2) is 24.3 Å². The van der Waals surface area contributed by atoms with Crippen molar-refractivity contribution >= 4 is 11.9 Å². The van der Waals surface area contributed by atoms with E-state index < -0.39 is 5.60 Å². The highest BCUT2D eigenvalue weighted by molar-refractivity contribution is 5.89. The van der Waals surface area contributed by atoms with Gasteiger partial charge in [0.25, 0.3) is 0 Å². The molecule has 2 atom stereocenters. The maximum Gasteiger partial charge on any atom is 0.338 e. The molecule has 0 saturated heterocycles. The average Bonchev–Trinajstić information content (AvgIpc) is 3.42. The summed E-state index contributed by atoms with van der Waals surface area (Å²) in [6.45, 7) is 8.01. The zero-order valence-electron chi connectivity index (χ0n) is 17.0. The van der Waals surface area contributed by atoms with E-state index in [0.29, 0.717) is 29.9 Å². The monoisotopic (exact) mass is 372 g/mol. The van der Waals surface area contributed by atoms with Crippen LogP contribution in [0.1, 0.15) is 81.6 Å². The Labute approximate surface area is 162 Å². The number of esters is 2. The maximum absolute atomic E-state index is 12.2. The van der Waals surface area contributed by atoms with E-state index in [2.05, 4.69) is 12.1 Å². The zero-order valence-corrected chi connectivity index (χ0v) is 17.0. The molecule has 148 valence electrons. The first-order valence-electron chi connectivity index (χ1n) is 10.3. The van der Waals surface area contributed by atoms with E-state index in [1.54, 1.807) is 0 Å². The first-order chi connectivity index (χ1) is 12.8. The summed E-state index contributed by atoms with van der Waals surface area (Å²) in [5, 5.41) is 0. The highest BCUT2D eigenvalue weighted by atomic mass is 16.6. The molecule has 0 bridgehead atoms. The van der Waals surface area contributed by atoms with Crippen LogP contribution in [0.4, 0.5) is 0 Å². The van der Waals surface area contributed by atoms with E-state index in [9.17, 15) is 9.59 Å². The first-order valence-corrected chi connectivity index (χ1v) is 10.3. The Kier molecular flexibility index (Phi) is 5.92. The fraction of sp³-hybridized carbons (Fsp3) is 0.652. The first kappa shape index (κ1) is 19.9. The van der Waals surface area contributed by atoms with E-state index in [0.717, 1.165) is 19.3 Å². The lowest BCUT2D eigenvalue weighted by molar-refractivity contribution is -0.157. The predicted molar refractivity (Wildman–Crippen MR) is 105 cm³/mol. The van der Waals surface area contributed by atoms with Crippen molar-refractivity contribution in [3.05, 3.63) is 35.4 Å². The average molecular weight is 373 g/mol. The molecule has 2 aliphatic carbocycles. The van der Waals surface area contributed by atoms with Crippen molar-refractivity contribution in [3.8, 4) is 0 Å². The van der Waals surface area contributed by atoms with Gasteiger partial charge in [0.1, 0.15) is 5.60 Å². The topological polar surface area (TPSA) is 52.6 Å². The molecule has 3 rings (SSSR count). The van der Waals surface area contributed by atoms with Crippen molar-refractivity contribution in [3.63, 3.8) is 0 Å². The summed E-state index contributed by atoms with van der Waals surface area (Å²) in [5.74, 6) is 1.58. The minimum atomic E-state index is -0.391. The summed E-state index contributed by atoms with van der Waals surface area (Å²) in [5.41, 5.74) is 1.53. The SMILES string of the molecule is CCOC(=O)c1ccc(C2CCC([C@H]3C[C@@H]3C(=O)OC(C)(C)C)CC2)cc1. The minimum Gasteiger partial charge on any atom is -0.462 e. The molecule has 4 heteroatoms. The highest BCUT2D eigenvalue weighted by Gasteiger charge is 2.49. The minimum absolute atomic E-state index is 0.0100. The Morgan fingerprint density at radius 1 is 1.04 bits per heavy atom. The summed E-state index contributed by atoms with van der Waals surface area (Å²) < 4.78 is 10.6. The summed E-state index contributed by atoms with van der Waals surface area (Å²) in [7, 11) is 0. The number of hydrogen-bond acceptors (Lipinski definition) is 4. The number of rotatable bonds is 5. The van der Waals surface area contributed by atoms with Crippen LogP contribution in [-0.4, -0.2) is 24.1 Å². The molecule has 4 nitrogen and oxygen atoms in total. The Morgan fingerprint density at radius 3 is 2.22 bits per heavy atom. The van der Waals surface area contributed by atoms with Gasteiger partial charge in [-0.25, -0.2) is 4.79 Å². The third-order valence-corrected chi connectivity index (χ3v) is 5.82. The fourth-order valence-corrected chi connectivity index (χ4v) is 4.37. The summed E-state index contributed by atoms with van der Waals surface area (Å²) >= 11 is 0. The van der Waals surface area contributed by atoms with Crippen molar-refractivity contribution < 1.29 is 19.1 Å². The lowest BCUT2D eigenvalue weighted by Crippen LogP contribution is -2.26. The van der Waals surface area contributed by atoms with E-state index >= 15 is 0 Å². The van der Waals surface area contributed by atoms with Gasteiger partial charge in [0.2, 0.25) is 0 Å². The molecular formula is C23H32O4. The molecule has 0 aliphatic heterocycles. The molecule has 2 fully saturated rings. The van der Waals surface area contributed by atoms with Crippen LogP contribution in [-0.2, 0) is 14.3 Å². The number of benzene rings is 1. The molecular weight excluding hydrogens is 340 g/mol. The van der Waals surface area contributed by atoms with Crippen LogP contribution in [0, 0.1) is 17.8 Å². The maximum atomic E-state index is 12.2. The van der Waals surface area contributed by atoms with Crippen LogP contribution in [0.3, 0.4) is 0 Å². The van der Waals surface area contributed by atoms with Crippen LogP contribution < -0.4 is 0 Å². The number of carbonyl (C=O) groups is 2. The van der Waals surface area contributed by atoms with Gasteiger partial charge in [0.15, 0.2) is 0 Å². The van der Waals surface area contributed by atoms with E-state index in [4.69, 9.17) is 9.47 Å². The van der Waals surface area contributed by atoms with Crippen LogP contribution >= 0.6 is 0 Å². The molecule has 1 aromatic carbocycles. The largest absolute Gasteiger partial charge is 0.462 e. The third kappa shape index (κ3) is 5.12. The molecule has 0 amide bonds. The smallest absolute Gasteiger partial charge is 0.338 e. The molecule has 0 unspecified atom stereocenters. The van der Waals surface area contributed by atoms with Gasteiger partial charge in [-0.2, -0.15) is 0 Å². The second-order valence-electron chi connectivity index (χ2n) is 8.99. The second-order valence-corrected chi connectivity index (χ2v) is 8.99. The number of carbonyl (C=O) groups excluding carboxylic acids is 2. The molecule has 0 radical (unpaired) electrons. The van der Waals surface area contributed by atoms with Crippen molar-refractivity contribution in [1.29, 1.82) is 0 Å². The summed E-state index contributed by atoms with van der Waals surface area (Å²) in [6, 6.07) is 7.88. The van der Waals surface area contributed by atoms with E-state index in [1.807, 2.05) is 39.8 Å². The molecule has 2 saturated carbocycles. The number of hydrogen-bond donors (Lipinski definition) is 0.